The number of urea groups is 1. The number of carbonyl (C=O) groups excluding carboxylic acids is 2. The first-order valence-corrected chi connectivity index (χ1v) is 6.54. The summed E-state index contributed by atoms with van der Waals surface area (Å²) in [4.78, 5) is 22.7. The Bertz CT molecular complexity index is 595. The van der Waals surface area contributed by atoms with E-state index in [2.05, 4.69) is 20.8 Å². The predicted molar refractivity (Wildman–Crippen MR) is 69.9 cm³/mol. The summed E-state index contributed by atoms with van der Waals surface area (Å²) in [5.74, 6) is 0.232. The molecule has 2 aromatic heterocycles. The molecule has 2 heterocycles. The highest BCUT2D eigenvalue weighted by molar-refractivity contribution is 8.00. The Morgan fingerprint density at radius 2 is 2.20 bits per heavy atom. The topological polar surface area (TPSA) is 110 Å². The second-order valence-electron chi connectivity index (χ2n) is 3.68. The van der Waals surface area contributed by atoms with Gasteiger partial charge in [-0.2, -0.15) is 0 Å². The number of rotatable bonds is 4. The van der Waals surface area contributed by atoms with E-state index in [0.717, 1.165) is 11.8 Å². The summed E-state index contributed by atoms with van der Waals surface area (Å²) in [7, 11) is 1.42. The highest BCUT2D eigenvalue weighted by Gasteiger charge is 2.20. The average Bonchev–Trinajstić information content (AvgIpc) is 3.08. The zero-order chi connectivity index (χ0) is 14.5. The van der Waals surface area contributed by atoms with Crippen LogP contribution >= 0.6 is 11.8 Å². The van der Waals surface area contributed by atoms with Crippen LogP contribution in [0.1, 0.15) is 6.92 Å². The van der Waals surface area contributed by atoms with Crippen LogP contribution in [0.15, 0.2) is 32.5 Å². The number of hydrogen-bond donors (Lipinski definition) is 2. The number of aromatic nitrogens is 2. The van der Waals surface area contributed by atoms with Crippen LogP contribution in [0.25, 0.3) is 11.7 Å². The van der Waals surface area contributed by atoms with E-state index in [4.69, 9.17) is 8.83 Å². The second-order valence-corrected chi connectivity index (χ2v) is 4.97. The van der Waals surface area contributed by atoms with Crippen molar-refractivity contribution in [3.05, 3.63) is 18.4 Å². The lowest BCUT2D eigenvalue weighted by Crippen LogP contribution is -2.41. The molecule has 2 N–H and O–H groups in total. The molecular formula is C11H12N4O4S. The maximum Gasteiger partial charge on any atom is 0.321 e. The Morgan fingerprint density at radius 3 is 2.85 bits per heavy atom. The zero-order valence-electron chi connectivity index (χ0n) is 10.7. The lowest BCUT2D eigenvalue weighted by Gasteiger charge is -2.07. The highest BCUT2D eigenvalue weighted by atomic mass is 32.2. The summed E-state index contributed by atoms with van der Waals surface area (Å²) in [6.45, 7) is 1.62. The number of hydrogen-bond acceptors (Lipinski definition) is 7. The molecule has 0 aliphatic rings. The minimum absolute atomic E-state index is 0.218. The van der Waals surface area contributed by atoms with Crippen molar-refractivity contribution in [2.75, 3.05) is 7.05 Å². The minimum atomic E-state index is -0.566. The third kappa shape index (κ3) is 3.38. The van der Waals surface area contributed by atoms with Crippen LogP contribution in [0.4, 0.5) is 4.79 Å². The summed E-state index contributed by atoms with van der Waals surface area (Å²) >= 11 is 1.05. The van der Waals surface area contributed by atoms with Gasteiger partial charge in [-0.15, -0.1) is 10.2 Å². The van der Waals surface area contributed by atoms with Gasteiger partial charge in [-0.25, -0.2) is 4.79 Å². The Morgan fingerprint density at radius 1 is 1.40 bits per heavy atom. The van der Waals surface area contributed by atoms with Crippen molar-refractivity contribution in [2.45, 2.75) is 17.4 Å². The molecule has 2 aromatic rings. The molecule has 0 radical (unpaired) electrons. The minimum Gasteiger partial charge on any atom is -0.459 e. The van der Waals surface area contributed by atoms with Crippen molar-refractivity contribution in [3.8, 4) is 11.7 Å². The van der Waals surface area contributed by atoms with Gasteiger partial charge in [-0.05, 0) is 19.1 Å². The molecule has 9 heteroatoms. The summed E-state index contributed by atoms with van der Waals surface area (Å²) in [5.41, 5.74) is 0. The molecule has 1 unspecified atom stereocenters. The zero-order valence-corrected chi connectivity index (χ0v) is 11.6. The summed E-state index contributed by atoms with van der Waals surface area (Å²) in [5, 5.41) is 11.7. The third-order valence-electron chi connectivity index (χ3n) is 2.25. The average molecular weight is 296 g/mol. The van der Waals surface area contributed by atoms with Gasteiger partial charge in [0.1, 0.15) is 0 Å². The molecule has 106 valence electrons. The van der Waals surface area contributed by atoms with Crippen LogP contribution in [-0.4, -0.2) is 34.4 Å². The monoisotopic (exact) mass is 296 g/mol. The van der Waals surface area contributed by atoms with Crippen LogP contribution in [-0.2, 0) is 4.79 Å². The van der Waals surface area contributed by atoms with Gasteiger partial charge in [-0.1, -0.05) is 11.8 Å². The first-order valence-electron chi connectivity index (χ1n) is 5.66. The van der Waals surface area contributed by atoms with E-state index >= 15 is 0 Å². The summed E-state index contributed by atoms with van der Waals surface area (Å²) in [6, 6.07) is 2.82. The molecule has 20 heavy (non-hydrogen) atoms. The molecule has 8 nitrogen and oxygen atoms in total. The standard InChI is InChI=1S/C11H12N4O4S/c1-6(8(16)13-10(17)12-2)20-11-15-14-9(19-11)7-4-3-5-18-7/h3-6H,1-2H3,(H2,12,13,16,17). The maximum atomic E-state index is 11.7. The third-order valence-corrected chi connectivity index (χ3v) is 3.18. The molecule has 0 aliphatic heterocycles. The largest absolute Gasteiger partial charge is 0.459 e. The van der Waals surface area contributed by atoms with Crippen molar-refractivity contribution in [2.24, 2.45) is 0 Å². The fraction of sp³-hybridized carbons (Fsp3) is 0.273. The molecular weight excluding hydrogens is 284 g/mol. The SMILES string of the molecule is CNC(=O)NC(=O)C(C)Sc1nnc(-c2ccco2)o1. The molecule has 0 spiro atoms. The second kappa shape index (κ2) is 6.24. The van der Waals surface area contributed by atoms with Crippen molar-refractivity contribution >= 4 is 23.7 Å². The van der Waals surface area contributed by atoms with Gasteiger partial charge in [0.05, 0.1) is 11.5 Å². The van der Waals surface area contributed by atoms with E-state index in [1.807, 2.05) is 0 Å². The van der Waals surface area contributed by atoms with Crippen LogP contribution < -0.4 is 10.6 Å². The van der Waals surface area contributed by atoms with Crippen molar-refractivity contribution in [1.82, 2.24) is 20.8 Å². The van der Waals surface area contributed by atoms with Crippen LogP contribution in [0.3, 0.4) is 0 Å². The molecule has 1 atom stereocenters. The molecule has 0 saturated carbocycles. The first-order chi connectivity index (χ1) is 9.60. The van der Waals surface area contributed by atoms with Gasteiger partial charge in [0, 0.05) is 7.05 Å². The number of carbonyl (C=O) groups is 2. The van der Waals surface area contributed by atoms with Gasteiger partial charge in [0.25, 0.3) is 11.1 Å². The molecule has 3 amide bonds. The first kappa shape index (κ1) is 14.1. The van der Waals surface area contributed by atoms with Crippen LogP contribution in [0.2, 0.25) is 0 Å². The van der Waals surface area contributed by atoms with Crippen molar-refractivity contribution in [1.29, 1.82) is 0 Å². The number of nitrogens with zero attached hydrogens (tertiary/aromatic N) is 2. The van der Waals surface area contributed by atoms with Crippen molar-refractivity contribution < 1.29 is 18.4 Å². The Labute approximate surface area is 118 Å². The number of nitrogens with one attached hydrogen (secondary N) is 2. The number of imide groups is 1. The Balaban J connectivity index is 1.96. The Hall–Kier alpha value is -2.29. The molecule has 0 bridgehead atoms. The van der Waals surface area contributed by atoms with Gasteiger partial charge >= 0.3 is 6.03 Å². The van der Waals surface area contributed by atoms with E-state index in [-0.39, 0.29) is 11.1 Å². The van der Waals surface area contributed by atoms with Crippen LogP contribution in [0, 0.1) is 0 Å². The quantitative estimate of drug-likeness (QED) is 0.817. The van der Waals surface area contributed by atoms with E-state index in [0.29, 0.717) is 5.76 Å². The molecule has 0 saturated heterocycles. The Kier molecular flexibility index (Phi) is 4.41. The molecule has 0 fully saturated rings. The summed E-state index contributed by atoms with van der Waals surface area (Å²) < 4.78 is 10.5. The van der Waals surface area contributed by atoms with Crippen LogP contribution in [0.5, 0.6) is 0 Å². The molecule has 0 aromatic carbocycles. The lowest BCUT2D eigenvalue weighted by atomic mass is 10.4. The van der Waals surface area contributed by atoms with Gasteiger partial charge < -0.3 is 14.2 Å². The normalized spacial score (nSPS) is 11.9. The van der Waals surface area contributed by atoms with E-state index in [1.165, 1.54) is 13.3 Å². The van der Waals surface area contributed by atoms with E-state index < -0.39 is 17.2 Å². The summed E-state index contributed by atoms with van der Waals surface area (Å²) in [6.07, 6.45) is 1.49. The smallest absolute Gasteiger partial charge is 0.321 e. The fourth-order valence-corrected chi connectivity index (χ4v) is 1.92. The maximum absolute atomic E-state index is 11.7. The highest BCUT2D eigenvalue weighted by Crippen LogP contribution is 2.26. The van der Waals surface area contributed by atoms with Gasteiger partial charge in [0.2, 0.25) is 5.91 Å². The number of furan rings is 1. The molecule has 2 rings (SSSR count). The van der Waals surface area contributed by atoms with E-state index in [9.17, 15) is 9.59 Å². The van der Waals surface area contributed by atoms with Crippen molar-refractivity contribution in [3.63, 3.8) is 0 Å². The number of thioether (sulfide) groups is 1. The van der Waals surface area contributed by atoms with Gasteiger partial charge in [0.15, 0.2) is 5.76 Å². The fourth-order valence-electron chi connectivity index (χ4n) is 1.24. The van der Waals surface area contributed by atoms with E-state index in [1.54, 1.807) is 19.1 Å². The van der Waals surface area contributed by atoms with Gasteiger partial charge in [-0.3, -0.25) is 10.1 Å². The molecule has 0 aliphatic carbocycles. The predicted octanol–water partition coefficient (Wildman–Crippen LogP) is 1.27. The number of amides is 3. The lowest BCUT2D eigenvalue weighted by molar-refractivity contribution is -0.119.